The zero-order valence-corrected chi connectivity index (χ0v) is 9.47. The Morgan fingerprint density at radius 2 is 2.23 bits per heavy atom. The lowest BCUT2D eigenvalue weighted by Crippen LogP contribution is -2.48. The molecule has 2 heteroatoms. The predicted octanol–water partition coefficient (Wildman–Crippen LogP) is 2.14. The zero-order chi connectivity index (χ0) is 9.90. The molecule has 0 aromatic rings. The Bertz CT molecular complexity index is 156. The van der Waals surface area contributed by atoms with Gasteiger partial charge in [0, 0.05) is 12.6 Å². The number of methoxy groups -OCH3 is 1. The molecule has 1 rings (SSSR count). The molecule has 0 bridgehead atoms. The number of hydrogen-bond donors (Lipinski definition) is 0. The second-order valence-corrected chi connectivity index (χ2v) is 4.52. The summed E-state index contributed by atoms with van der Waals surface area (Å²) in [4.78, 5) is 2.46. The molecule has 0 heterocycles. The molecule has 1 fully saturated rings. The summed E-state index contributed by atoms with van der Waals surface area (Å²) in [7, 11) is 4.03. The van der Waals surface area contributed by atoms with Crippen LogP contribution in [-0.2, 0) is 4.74 Å². The average Bonchev–Trinajstić information content (AvgIpc) is 2.48. The molecule has 0 N–H and O–H groups in total. The van der Waals surface area contributed by atoms with Gasteiger partial charge in [-0.25, -0.2) is 0 Å². The summed E-state index contributed by atoms with van der Waals surface area (Å²) >= 11 is 0. The van der Waals surface area contributed by atoms with E-state index < -0.39 is 0 Å². The van der Waals surface area contributed by atoms with Crippen LogP contribution in [0.25, 0.3) is 0 Å². The van der Waals surface area contributed by atoms with Crippen molar-refractivity contribution in [2.75, 3.05) is 27.3 Å². The van der Waals surface area contributed by atoms with Crippen LogP contribution in [0, 0.1) is 5.92 Å². The number of ether oxygens (including phenoxy) is 1. The van der Waals surface area contributed by atoms with Gasteiger partial charge in [-0.1, -0.05) is 13.8 Å². The van der Waals surface area contributed by atoms with Gasteiger partial charge in [0.2, 0.25) is 0 Å². The van der Waals surface area contributed by atoms with Gasteiger partial charge in [0.1, 0.15) is 0 Å². The van der Waals surface area contributed by atoms with Gasteiger partial charge in [0.05, 0.1) is 6.61 Å². The first-order chi connectivity index (χ1) is 6.14. The standard InChI is InChI=1S/C11H23NO/c1-5-12(3)11(9-13-4)7-6-10(2)8-11/h10H,5-9H2,1-4H3. The molecule has 0 aliphatic heterocycles. The second kappa shape index (κ2) is 4.43. The van der Waals surface area contributed by atoms with Gasteiger partial charge in [-0.05, 0) is 38.8 Å². The molecule has 0 aromatic heterocycles. The van der Waals surface area contributed by atoms with E-state index in [0.29, 0.717) is 5.54 Å². The minimum Gasteiger partial charge on any atom is -0.383 e. The van der Waals surface area contributed by atoms with Gasteiger partial charge in [-0.2, -0.15) is 0 Å². The minimum absolute atomic E-state index is 0.336. The van der Waals surface area contributed by atoms with E-state index in [2.05, 4.69) is 25.8 Å². The molecule has 2 atom stereocenters. The minimum atomic E-state index is 0.336. The zero-order valence-electron chi connectivity index (χ0n) is 9.47. The maximum atomic E-state index is 5.36. The fourth-order valence-corrected chi connectivity index (χ4v) is 2.56. The second-order valence-electron chi connectivity index (χ2n) is 4.52. The van der Waals surface area contributed by atoms with Crippen molar-refractivity contribution in [1.82, 2.24) is 4.90 Å². The summed E-state index contributed by atoms with van der Waals surface area (Å²) < 4.78 is 5.36. The van der Waals surface area contributed by atoms with Crippen LogP contribution in [0.5, 0.6) is 0 Å². The summed E-state index contributed by atoms with van der Waals surface area (Å²) in [6.45, 7) is 6.58. The smallest absolute Gasteiger partial charge is 0.0646 e. The van der Waals surface area contributed by atoms with E-state index in [4.69, 9.17) is 4.74 Å². The van der Waals surface area contributed by atoms with Crippen LogP contribution in [0.2, 0.25) is 0 Å². The lowest BCUT2D eigenvalue weighted by molar-refractivity contribution is 0.0303. The molecule has 78 valence electrons. The van der Waals surface area contributed by atoms with Crippen LogP contribution in [0.4, 0.5) is 0 Å². The van der Waals surface area contributed by atoms with Crippen molar-refractivity contribution in [2.24, 2.45) is 5.92 Å². The fourth-order valence-electron chi connectivity index (χ4n) is 2.56. The van der Waals surface area contributed by atoms with Crippen molar-refractivity contribution < 1.29 is 4.74 Å². The van der Waals surface area contributed by atoms with Gasteiger partial charge in [0.25, 0.3) is 0 Å². The highest BCUT2D eigenvalue weighted by molar-refractivity contribution is 4.95. The summed E-state index contributed by atoms with van der Waals surface area (Å²) in [5, 5.41) is 0. The summed E-state index contributed by atoms with van der Waals surface area (Å²) in [5.41, 5.74) is 0.336. The van der Waals surface area contributed by atoms with Gasteiger partial charge in [-0.3, -0.25) is 4.90 Å². The topological polar surface area (TPSA) is 12.5 Å². The third kappa shape index (κ3) is 2.23. The molecule has 0 saturated heterocycles. The van der Waals surface area contributed by atoms with Gasteiger partial charge >= 0.3 is 0 Å². The van der Waals surface area contributed by atoms with E-state index in [1.54, 1.807) is 0 Å². The Kier molecular flexibility index (Phi) is 3.74. The third-order valence-corrected chi connectivity index (χ3v) is 3.53. The highest BCUT2D eigenvalue weighted by Crippen LogP contribution is 2.38. The molecule has 13 heavy (non-hydrogen) atoms. The maximum Gasteiger partial charge on any atom is 0.0646 e. The molecule has 0 amide bonds. The average molecular weight is 185 g/mol. The molecule has 1 saturated carbocycles. The van der Waals surface area contributed by atoms with E-state index in [-0.39, 0.29) is 0 Å². The van der Waals surface area contributed by atoms with Crippen LogP contribution in [0.15, 0.2) is 0 Å². The van der Waals surface area contributed by atoms with E-state index in [1.807, 2.05) is 7.11 Å². The van der Waals surface area contributed by atoms with Crippen molar-refractivity contribution in [3.8, 4) is 0 Å². The van der Waals surface area contributed by atoms with Gasteiger partial charge in [0.15, 0.2) is 0 Å². The van der Waals surface area contributed by atoms with Gasteiger partial charge < -0.3 is 4.74 Å². The Morgan fingerprint density at radius 3 is 2.62 bits per heavy atom. The number of hydrogen-bond acceptors (Lipinski definition) is 2. The highest BCUT2D eigenvalue weighted by atomic mass is 16.5. The monoisotopic (exact) mass is 185 g/mol. The summed E-state index contributed by atoms with van der Waals surface area (Å²) in [5.74, 6) is 0.865. The molecular weight excluding hydrogens is 162 g/mol. The van der Waals surface area contributed by atoms with Crippen LogP contribution in [-0.4, -0.2) is 37.7 Å². The van der Waals surface area contributed by atoms with Crippen LogP contribution < -0.4 is 0 Å². The van der Waals surface area contributed by atoms with Crippen LogP contribution in [0.3, 0.4) is 0 Å². The lowest BCUT2D eigenvalue weighted by Gasteiger charge is -2.38. The molecule has 2 unspecified atom stereocenters. The number of nitrogens with zero attached hydrogens (tertiary/aromatic N) is 1. The third-order valence-electron chi connectivity index (χ3n) is 3.53. The number of likely N-dealkylation sites (N-methyl/N-ethyl adjacent to an activating group) is 1. The first-order valence-corrected chi connectivity index (χ1v) is 5.35. The first kappa shape index (κ1) is 11.0. The molecule has 0 spiro atoms. The van der Waals surface area contributed by atoms with Gasteiger partial charge in [-0.15, -0.1) is 0 Å². The normalized spacial score (nSPS) is 34.4. The number of rotatable bonds is 4. The van der Waals surface area contributed by atoms with Crippen molar-refractivity contribution >= 4 is 0 Å². The Hall–Kier alpha value is -0.0800. The van der Waals surface area contributed by atoms with Crippen molar-refractivity contribution in [3.05, 3.63) is 0 Å². The maximum absolute atomic E-state index is 5.36. The van der Waals surface area contributed by atoms with E-state index in [0.717, 1.165) is 19.1 Å². The Labute approximate surface area is 82.3 Å². The molecular formula is C11H23NO. The molecule has 2 nitrogen and oxygen atoms in total. The molecule has 0 aromatic carbocycles. The van der Waals surface area contributed by atoms with Crippen molar-refractivity contribution in [1.29, 1.82) is 0 Å². The van der Waals surface area contributed by atoms with E-state index >= 15 is 0 Å². The highest BCUT2D eigenvalue weighted by Gasteiger charge is 2.40. The first-order valence-electron chi connectivity index (χ1n) is 5.35. The fraction of sp³-hybridized carbons (Fsp3) is 1.00. The molecule has 1 aliphatic carbocycles. The van der Waals surface area contributed by atoms with Crippen molar-refractivity contribution in [2.45, 2.75) is 38.6 Å². The SMILES string of the molecule is CCN(C)C1(COC)CCC(C)C1. The largest absolute Gasteiger partial charge is 0.383 e. The lowest BCUT2D eigenvalue weighted by atomic mass is 9.95. The summed E-state index contributed by atoms with van der Waals surface area (Å²) in [6, 6.07) is 0. The Morgan fingerprint density at radius 1 is 1.54 bits per heavy atom. The van der Waals surface area contributed by atoms with E-state index in [9.17, 15) is 0 Å². The summed E-state index contributed by atoms with van der Waals surface area (Å²) in [6.07, 6.45) is 3.95. The quantitative estimate of drug-likeness (QED) is 0.665. The van der Waals surface area contributed by atoms with Crippen LogP contribution in [0.1, 0.15) is 33.1 Å². The van der Waals surface area contributed by atoms with Crippen LogP contribution >= 0.6 is 0 Å². The van der Waals surface area contributed by atoms with Crippen molar-refractivity contribution in [3.63, 3.8) is 0 Å². The Balaban J connectivity index is 2.64. The molecule has 1 aliphatic rings. The molecule has 0 radical (unpaired) electrons. The predicted molar refractivity (Wildman–Crippen MR) is 55.9 cm³/mol. The van der Waals surface area contributed by atoms with E-state index in [1.165, 1.54) is 19.3 Å².